The number of halogens is 2. The highest BCUT2D eigenvalue weighted by molar-refractivity contribution is 7.99. The summed E-state index contributed by atoms with van der Waals surface area (Å²) in [5.41, 5.74) is 1.87. The Balaban J connectivity index is 1.76. The van der Waals surface area contributed by atoms with Gasteiger partial charge in [0.2, 0.25) is 5.91 Å². The van der Waals surface area contributed by atoms with E-state index in [0.29, 0.717) is 10.8 Å². The molecule has 0 fully saturated rings. The van der Waals surface area contributed by atoms with Crippen LogP contribution in [0.1, 0.15) is 5.56 Å². The molecule has 0 atom stereocenters. The number of benzene rings is 2. The molecule has 1 N–H and O–H groups in total. The molecule has 0 aliphatic rings. The van der Waals surface area contributed by atoms with Gasteiger partial charge >= 0.3 is 0 Å². The van der Waals surface area contributed by atoms with Crippen LogP contribution in [0.15, 0.2) is 48.5 Å². The Morgan fingerprint density at radius 3 is 2.50 bits per heavy atom. The average molecular weight is 326 g/mol. The van der Waals surface area contributed by atoms with Gasteiger partial charge in [0.15, 0.2) is 0 Å². The fraction of sp³-hybridized carbons (Fsp3) is 0.133. The highest BCUT2D eigenvalue weighted by Crippen LogP contribution is 2.17. The largest absolute Gasteiger partial charge is 0.325 e. The van der Waals surface area contributed by atoms with Crippen LogP contribution in [-0.4, -0.2) is 11.7 Å². The first kappa shape index (κ1) is 15.2. The van der Waals surface area contributed by atoms with Crippen LogP contribution in [0.4, 0.5) is 5.69 Å². The van der Waals surface area contributed by atoms with E-state index in [1.807, 2.05) is 30.3 Å². The lowest BCUT2D eigenvalue weighted by Gasteiger charge is -2.05. The van der Waals surface area contributed by atoms with E-state index >= 15 is 0 Å². The van der Waals surface area contributed by atoms with Crippen LogP contribution in [0.3, 0.4) is 0 Å². The maximum Gasteiger partial charge on any atom is 0.234 e. The molecule has 20 heavy (non-hydrogen) atoms. The molecule has 2 aromatic carbocycles. The summed E-state index contributed by atoms with van der Waals surface area (Å²) in [4.78, 5) is 11.8. The van der Waals surface area contributed by atoms with E-state index in [-0.39, 0.29) is 5.91 Å². The second-order valence-corrected chi connectivity index (χ2v) is 6.04. The minimum absolute atomic E-state index is 0.0359. The summed E-state index contributed by atoms with van der Waals surface area (Å²) in [5, 5.41) is 4.14. The Bertz CT molecular complexity index is 587. The van der Waals surface area contributed by atoms with Crippen molar-refractivity contribution in [3.63, 3.8) is 0 Å². The summed E-state index contributed by atoms with van der Waals surface area (Å²) in [5.74, 6) is 1.14. The maximum atomic E-state index is 11.8. The first-order valence-electron chi connectivity index (χ1n) is 6.01. The lowest BCUT2D eigenvalue weighted by Crippen LogP contribution is -2.14. The van der Waals surface area contributed by atoms with E-state index in [0.717, 1.165) is 22.0 Å². The van der Waals surface area contributed by atoms with Gasteiger partial charge in [-0.3, -0.25) is 4.79 Å². The van der Waals surface area contributed by atoms with Crippen molar-refractivity contribution in [3.05, 3.63) is 64.1 Å². The molecule has 0 saturated carbocycles. The molecular weight excluding hydrogens is 313 g/mol. The van der Waals surface area contributed by atoms with Crippen molar-refractivity contribution in [2.45, 2.75) is 5.75 Å². The maximum absolute atomic E-state index is 11.8. The molecule has 2 aromatic rings. The summed E-state index contributed by atoms with van der Waals surface area (Å²) in [7, 11) is 0. The van der Waals surface area contributed by atoms with Crippen LogP contribution in [-0.2, 0) is 10.5 Å². The number of thioether (sulfide) groups is 1. The van der Waals surface area contributed by atoms with Crippen molar-refractivity contribution in [2.24, 2.45) is 0 Å². The molecule has 0 aliphatic heterocycles. The zero-order chi connectivity index (χ0) is 14.4. The molecule has 1 amide bonds. The molecule has 0 radical (unpaired) electrons. The quantitative estimate of drug-likeness (QED) is 0.850. The van der Waals surface area contributed by atoms with Gasteiger partial charge in [0.05, 0.1) is 5.75 Å². The Hall–Kier alpha value is -1.16. The molecule has 0 heterocycles. The molecule has 0 unspecified atom stereocenters. The van der Waals surface area contributed by atoms with Crippen LogP contribution < -0.4 is 5.32 Å². The SMILES string of the molecule is O=C(CSCc1ccc(Cl)cc1)Nc1cccc(Cl)c1. The van der Waals surface area contributed by atoms with Crippen molar-refractivity contribution in [1.82, 2.24) is 0 Å². The van der Waals surface area contributed by atoms with Gasteiger partial charge in [-0.2, -0.15) is 0 Å². The Kier molecular flexibility index (Phi) is 5.77. The predicted octanol–water partition coefficient (Wildman–Crippen LogP) is 4.87. The second-order valence-electron chi connectivity index (χ2n) is 4.18. The molecule has 0 aliphatic carbocycles. The van der Waals surface area contributed by atoms with Gasteiger partial charge in [0.25, 0.3) is 0 Å². The third kappa shape index (κ3) is 5.08. The third-order valence-electron chi connectivity index (χ3n) is 2.52. The van der Waals surface area contributed by atoms with E-state index in [1.165, 1.54) is 0 Å². The van der Waals surface area contributed by atoms with Crippen LogP contribution in [0.5, 0.6) is 0 Å². The predicted molar refractivity (Wildman–Crippen MR) is 87.7 cm³/mol. The van der Waals surface area contributed by atoms with Crippen molar-refractivity contribution >= 4 is 46.6 Å². The van der Waals surface area contributed by atoms with Crippen LogP contribution in [0, 0.1) is 0 Å². The number of rotatable bonds is 5. The van der Waals surface area contributed by atoms with Crippen molar-refractivity contribution in [3.8, 4) is 0 Å². The van der Waals surface area contributed by atoms with Gasteiger partial charge in [0, 0.05) is 21.5 Å². The Morgan fingerprint density at radius 1 is 1.05 bits per heavy atom. The molecule has 2 nitrogen and oxygen atoms in total. The van der Waals surface area contributed by atoms with E-state index in [4.69, 9.17) is 23.2 Å². The summed E-state index contributed by atoms with van der Waals surface area (Å²) < 4.78 is 0. The molecule has 0 saturated heterocycles. The summed E-state index contributed by atoms with van der Waals surface area (Å²) in [6.07, 6.45) is 0. The molecule has 2 rings (SSSR count). The van der Waals surface area contributed by atoms with Gasteiger partial charge in [-0.15, -0.1) is 11.8 Å². The first-order valence-corrected chi connectivity index (χ1v) is 7.92. The number of amides is 1. The van der Waals surface area contributed by atoms with Gasteiger partial charge in [0.1, 0.15) is 0 Å². The monoisotopic (exact) mass is 325 g/mol. The second kappa shape index (κ2) is 7.58. The molecule has 104 valence electrons. The van der Waals surface area contributed by atoms with Crippen molar-refractivity contribution < 1.29 is 4.79 Å². The van der Waals surface area contributed by atoms with Crippen LogP contribution >= 0.6 is 35.0 Å². The molecule has 0 aromatic heterocycles. The van der Waals surface area contributed by atoms with Crippen LogP contribution in [0.2, 0.25) is 10.0 Å². The number of nitrogens with one attached hydrogen (secondary N) is 1. The first-order chi connectivity index (χ1) is 9.63. The minimum atomic E-state index is -0.0359. The lowest BCUT2D eigenvalue weighted by atomic mass is 10.2. The fourth-order valence-electron chi connectivity index (χ4n) is 1.61. The van der Waals surface area contributed by atoms with E-state index in [1.54, 1.807) is 30.0 Å². The highest BCUT2D eigenvalue weighted by Gasteiger charge is 2.03. The molecular formula is C15H13Cl2NOS. The summed E-state index contributed by atoms with van der Waals surface area (Å²) >= 11 is 13.2. The minimum Gasteiger partial charge on any atom is -0.325 e. The molecule has 0 spiro atoms. The number of hydrogen-bond donors (Lipinski definition) is 1. The molecule has 5 heteroatoms. The summed E-state index contributed by atoms with van der Waals surface area (Å²) in [6, 6.07) is 14.7. The van der Waals surface area contributed by atoms with E-state index < -0.39 is 0 Å². The van der Waals surface area contributed by atoms with E-state index in [9.17, 15) is 4.79 Å². The Morgan fingerprint density at radius 2 is 1.80 bits per heavy atom. The zero-order valence-electron chi connectivity index (χ0n) is 10.6. The standard InChI is InChI=1S/C15H13Cl2NOS/c16-12-6-4-11(5-7-12)9-20-10-15(19)18-14-3-1-2-13(17)8-14/h1-8H,9-10H2,(H,18,19). The van der Waals surface area contributed by atoms with Gasteiger partial charge in [-0.25, -0.2) is 0 Å². The fourth-order valence-corrected chi connectivity index (χ4v) is 2.71. The normalized spacial score (nSPS) is 10.3. The third-order valence-corrected chi connectivity index (χ3v) is 4.01. The number of hydrogen-bond acceptors (Lipinski definition) is 2. The molecule has 0 bridgehead atoms. The van der Waals surface area contributed by atoms with Crippen molar-refractivity contribution in [2.75, 3.05) is 11.1 Å². The lowest BCUT2D eigenvalue weighted by molar-refractivity contribution is -0.113. The number of carbonyl (C=O) groups excluding carboxylic acids is 1. The zero-order valence-corrected chi connectivity index (χ0v) is 12.9. The topological polar surface area (TPSA) is 29.1 Å². The van der Waals surface area contributed by atoms with Gasteiger partial charge in [-0.1, -0.05) is 41.4 Å². The van der Waals surface area contributed by atoms with E-state index in [2.05, 4.69) is 5.32 Å². The Labute approximate surface area is 132 Å². The van der Waals surface area contributed by atoms with Crippen molar-refractivity contribution in [1.29, 1.82) is 0 Å². The average Bonchev–Trinajstić information content (AvgIpc) is 2.41. The van der Waals surface area contributed by atoms with Gasteiger partial charge < -0.3 is 5.32 Å². The van der Waals surface area contributed by atoms with Crippen LogP contribution in [0.25, 0.3) is 0 Å². The highest BCUT2D eigenvalue weighted by atomic mass is 35.5. The number of anilines is 1. The number of carbonyl (C=O) groups is 1. The van der Waals surface area contributed by atoms with Gasteiger partial charge in [-0.05, 0) is 35.9 Å². The summed E-state index contributed by atoms with van der Waals surface area (Å²) in [6.45, 7) is 0. The smallest absolute Gasteiger partial charge is 0.234 e.